The van der Waals surface area contributed by atoms with Gasteiger partial charge in [0.2, 0.25) is 0 Å². The molecule has 2 aromatic rings. The van der Waals surface area contributed by atoms with Crippen LogP contribution in [0.15, 0.2) is 96.1 Å². The maximum absolute atomic E-state index is 4.93. The van der Waals surface area contributed by atoms with Crippen LogP contribution in [0.2, 0.25) is 0 Å². The van der Waals surface area contributed by atoms with Crippen LogP contribution >= 0.6 is 17.0 Å². The molecule has 0 aromatic heterocycles. The van der Waals surface area contributed by atoms with Crippen molar-refractivity contribution in [1.29, 1.82) is 0 Å². The molecule has 6 rings (SSSR count). The van der Waals surface area contributed by atoms with Crippen LogP contribution in [0.1, 0.15) is 65.5 Å². The van der Waals surface area contributed by atoms with Crippen molar-refractivity contribution in [3.63, 3.8) is 0 Å². The predicted molar refractivity (Wildman–Crippen MR) is 182 cm³/mol. The van der Waals surface area contributed by atoms with Crippen molar-refractivity contribution >= 4 is 28.2 Å². The van der Waals surface area contributed by atoms with Gasteiger partial charge in [-0.1, -0.05) is 138 Å². The van der Waals surface area contributed by atoms with Crippen molar-refractivity contribution in [2.24, 2.45) is 11.8 Å². The Hall–Kier alpha value is -1.14. The van der Waals surface area contributed by atoms with E-state index in [-0.39, 0.29) is 0 Å². The summed E-state index contributed by atoms with van der Waals surface area (Å²) in [6.07, 6.45) is 16.4. The van der Waals surface area contributed by atoms with Crippen molar-refractivity contribution in [3.05, 3.63) is 167 Å². The molecule has 4 aliphatic rings. The quantitative estimate of drug-likeness (QED) is 0.273. The molecule has 0 spiro atoms. The van der Waals surface area contributed by atoms with E-state index in [9.17, 15) is 0 Å². The van der Waals surface area contributed by atoms with Crippen LogP contribution in [0.25, 0.3) is 11.1 Å². The zero-order valence-corrected chi connectivity index (χ0v) is 30.0. The third-order valence-corrected chi connectivity index (χ3v) is 8.87. The molecule has 0 amide bonds. The van der Waals surface area contributed by atoms with Crippen molar-refractivity contribution < 1.29 is 20.8 Å². The first-order chi connectivity index (χ1) is 20.8. The molecule has 0 heterocycles. The van der Waals surface area contributed by atoms with E-state index in [4.69, 9.17) is 17.0 Å². The molecule has 4 aliphatic carbocycles. The van der Waals surface area contributed by atoms with Crippen molar-refractivity contribution in [1.82, 2.24) is 0 Å². The van der Waals surface area contributed by atoms with E-state index in [1.165, 1.54) is 80.8 Å². The molecule has 0 N–H and O–H groups in total. The fraction of sp³-hybridized carbons (Fsp3) is 0.250. The van der Waals surface area contributed by atoms with E-state index >= 15 is 0 Å². The molecular weight excluding hydrogens is 643 g/mol. The summed E-state index contributed by atoms with van der Waals surface area (Å²) in [5.74, 6) is 12.6. The van der Waals surface area contributed by atoms with Gasteiger partial charge < -0.3 is 0 Å². The minimum absolute atomic E-state index is 0.482. The number of fused-ring (bicyclic) bond motifs is 2. The average Bonchev–Trinajstić information content (AvgIpc) is 3.51. The molecule has 2 fully saturated rings. The minimum atomic E-state index is -0.826. The summed E-state index contributed by atoms with van der Waals surface area (Å²) in [7, 11) is 9.87. The van der Waals surface area contributed by atoms with Gasteiger partial charge in [0, 0.05) is 23.7 Å². The molecule has 43 heavy (non-hydrogen) atoms. The fourth-order valence-corrected chi connectivity index (χ4v) is 6.84. The third kappa shape index (κ3) is 7.01. The summed E-state index contributed by atoms with van der Waals surface area (Å²) in [6.45, 7) is 14.0. The number of halogens is 2. The molecule has 0 nitrogen and oxygen atoms in total. The SMILES string of the molecule is C[C]1[CH][C]2[C]([C]1CC[C]1[C](C)[CH][C]3[C]1C(C(C)C)=CC=C3c1ccccc1)C(C(C)C)=CC=C2c1ccccc1.[Cl][Zr][Cl]. The zero-order valence-electron chi connectivity index (χ0n) is 26.1. The molecule has 0 saturated heterocycles. The first kappa shape index (κ1) is 33.2. The molecule has 0 bridgehead atoms. The second kappa shape index (κ2) is 15.0. The number of rotatable bonds is 7. The summed E-state index contributed by atoms with van der Waals surface area (Å²) in [5.41, 5.74) is 8.23. The van der Waals surface area contributed by atoms with Gasteiger partial charge in [-0.15, -0.1) is 0 Å². The Morgan fingerprint density at radius 1 is 0.558 bits per heavy atom. The van der Waals surface area contributed by atoms with E-state index in [0.29, 0.717) is 11.8 Å². The maximum atomic E-state index is 4.93. The van der Waals surface area contributed by atoms with E-state index in [1.807, 2.05) is 0 Å². The summed E-state index contributed by atoms with van der Waals surface area (Å²) in [5, 5.41) is 0. The van der Waals surface area contributed by atoms with Gasteiger partial charge in [0.15, 0.2) is 0 Å². The Kier molecular flexibility index (Phi) is 11.6. The van der Waals surface area contributed by atoms with Gasteiger partial charge in [-0.25, -0.2) is 0 Å². The second-order valence-electron chi connectivity index (χ2n) is 12.2. The molecule has 0 unspecified atom stereocenters. The first-order valence-electron chi connectivity index (χ1n) is 15.3. The van der Waals surface area contributed by atoms with Gasteiger partial charge in [-0.3, -0.25) is 0 Å². The predicted octanol–water partition coefficient (Wildman–Crippen LogP) is 11.6. The second-order valence-corrected chi connectivity index (χ2v) is 15.9. The van der Waals surface area contributed by atoms with Gasteiger partial charge in [0.1, 0.15) is 0 Å². The number of allylic oxidation sites excluding steroid dienone is 8. The molecule has 2 aromatic carbocycles. The third-order valence-electron chi connectivity index (χ3n) is 8.87. The molecule has 10 radical (unpaired) electrons. The Balaban J connectivity index is 0.00000118. The summed E-state index contributed by atoms with van der Waals surface area (Å²) >= 11 is -0.826. The average molecular weight is 683 g/mol. The fourth-order valence-electron chi connectivity index (χ4n) is 6.84. The topological polar surface area (TPSA) is 0 Å². The normalized spacial score (nSPS) is 21.3. The summed E-state index contributed by atoms with van der Waals surface area (Å²) in [4.78, 5) is 0. The van der Waals surface area contributed by atoms with Gasteiger partial charge in [0.05, 0.1) is 0 Å². The van der Waals surface area contributed by atoms with E-state index < -0.39 is 20.8 Å². The monoisotopic (exact) mass is 680 g/mol. The molecule has 2 saturated carbocycles. The standard InChI is InChI=1S/C40H40.2ClH.Zr/c1-25(2)31-17-21-35(29-13-9-7-10-14-29)37-23-27(5)33(39(31)37)19-20-34-28(6)24-38-36(30-15-11-8-12-16-30)22-18-32(26(3)4)40(34)38;;;/h7-18,21-26H,19-20H2,1-6H3;2*1H;/q;;;+2/p-2. The number of hydrogen-bond donors (Lipinski definition) is 0. The first-order valence-corrected chi connectivity index (χ1v) is 21.6. The molecule has 0 aliphatic heterocycles. The van der Waals surface area contributed by atoms with Crippen molar-refractivity contribution in [2.45, 2.75) is 54.4 Å². The number of benzene rings is 2. The summed E-state index contributed by atoms with van der Waals surface area (Å²) in [6, 6.07) is 21.7. The van der Waals surface area contributed by atoms with E-state index in [2.05, 4.69) is 139 Å². The van der Waals surface area contributed by atoms with Crippen molar-refractivity contribution in [3.8, 4) is 0 Å². The molecule has 3 heteroatoms. The van der Waals surface area contributed by atoms with Gasteiger partial charge in [-0.2, -0.15) is 0 Å². The van der Waals surface area contributed by atoms with Crippen LogP contribution in [-0.2, 0) is 20.8 Å². The Morgan fingerprint density at radius 3 is 1.23 bits per heavy atom. The van der Waals surface area contributed by atoms with Gasteiger partial charge in [-0.05, 0) is 83.5 Å². The van der Waals surface area contributed by atoms with Crippen LogP contribution in [0.3, 0.4) is 0 Å². The van der Waals surface area contributed by atoms with Crippen LogP contribution in [0.4, 0.5) is 0 Å². The van der Waals surface area contributed by atoms with Crippen LogP contribution < -0.4 is 0 Å². The molecule has 218 valence electrons. The Bertz CT molecular complexity index is 1230. The molecular formula is C40H40Cl2Zr. The van der Waals surface area contributed by atoms with Crippen LogP contribution in [-0.4, -0.2) is 0 Å². The van der Waals surface area contributed by atoms with Crippen LogP contribution in [0.5, 0.6) is 0 Å². The van der Waals surface area contributed by atoms with Gasteiger partial charge in [0.25, 0.3) is 0 Å². The van der Waals surface area contributed by atoms with Crippen molar-refractivity contribution in [2.75, 3.05) is 0 Å². The Labute approximate surface area is 280 Å². The van der Waals surface area contributed by atoms with Crippen LogP contribution in [0, 0.1) is 72.0 Å². The van der Waals surface area contributed by atoms with E-state index in [1.54, 1.807) is 0 Å². The molecule has 0 atom stereocenters. The Morgan fingerprint density at radius 2 is 0.907 bits per heavy atom. The van der Waals surface area contributed by atoms with Gasteiger partial charge >= 0.3 is 37.9 Å². The zero-order chi connectivity index (χ0) is 30.7. The van der Waals surface area contributed by atoms with E-state index in [0.717, 1.165) is 12.8 Å². The number of hydrogen-bond acceptors (Lipinski definition) is 0. The summed E-state index contributed by atoms with van der Waals surface area (Å²) < 4.78 is 0.